The zero-order chi connectivity index (χ0) is 11.4. The summed E-state index contributed by atoms with van der Waals surface area (Å²) < 4.78 is 5.58. The summed E-state index contributed by atoms with van der Waals surface area (Å²) in [4.78, 5) is 14.2. The third kappa shape index (κ3) is 2.06. The van der Waals surface area contributed by atoms with Gasteiger partial charge in [-0.2, -0.15) is 0 Å². The van der Waals surface area contributed by atoms with Gasteiger partial charge in [0.25, 0.3) is 5.56 Å². The predicted molar refractivity (Wildman–Crippen MR) is 63.7 cm³/mol. The number of H-pyrrole nitrogens is 1. The highest BCUT2D eigenvalue weighted by molar-refractivity contribution is 5.87. The van der Waals surface area contributed by atoms with E-state index in [4.69, 9.17) is 10.5 Å². The molecule has 2 aromatic rings. The zero-order valence-electron chi connectivity index (χ0n) is 8.90. The average molecular weight is 218 g/mol. The van der Waals surface area contributed by atoms with E-state index in [1.807, 2.05) is 18.2 Å². The van der Waals surface area contributed by atoms with Crippen LogP contribution in [0.4, 0.5) is 0 Å². The number of ether oxygens (including phenoxy) is 1. The van der Waals surface area contributed by atoms with Crippen molar-refractivity contribution in [1.29, 1.82) is 0 Å². The van der Waals surface area contributed by atoms with E-state index in [0.717, 1.165) is 17.6 Å². The van der Waals surface area contributed by atoms with Crippen LogP contribution in [0.5, 0.6) is 5.75 Å². The third-order valence-electron chi connectivity index (χ3n) is 2.38. The Morgan fingerprint density at radius 2 is 2.12 bits per heavy atom. The monoisotopic (exact) mass is 218 g/mol. The van der Waals surface area contributed by atoms with Gasteiger partial charge in [-0.1, -0.05) is 6.07 Å². The fourth-order valence-corrected chi connectivity index (χ4v) is 1.58. The van der Waals surface area contributed by atoms with Gasteiger partial charge >= 0.3 is 0 Å². The minimum Gasteiger partial charge on any atom is -0.493 e. The van der Waals surface area contributed by atoms with Gasteiger partial charge in [0, 0.05) is 11.6 Å². The Balaban J connectivity index is 2.38. The normalized spacial score (nSPS) is 10.6. The van der Waals surface area contributed by atoms with Crippen LogP contribution in [0.25, 0.3) is 10.8 Å². The molecule has 0 saturated heterocycles. The number of rotatable bonds is 4. The molecule has 0 atom stereocenters. The molecule has 0 saturated carbocycles. The SMILES string of the molecule is NCCCOc1cccc2c(=O)[nH]ccc12. The van der Waals surface area contributed by atoms with Crippen LogP contribution in [-0.2, 0) is 0 Å². The summed E-state index contributed by atoms with van der Waals surface area (Å²) in [7, 11) is 0. The largest absolute Gasteiger partial charge is 0.493 e. The molecule has 0 aliphatic carbocycles. The average Bonchev–Trinajstić information content (AvgIpc) is 2.31. The Morgan fingerprint density at radius 3 is 2.94 bits per heavy atom. The van der Waals surface area contributed by atoms with Crippen molar-refractivity contribution in [1.82, 2.24) is 4.98 Å². The molecule has 1 aromatic carbocycles. The number of nitrogens with two attached hydrogens (primary N) is 1. The lowest BCUT2D eigenvalue weighted by atomic mass is 10.1. The van der Waals surface area contributed by atoms with Gasteiger partial charge in [0.15, 0.2) is 0 Å². The number of pyridine rings is 1. The molecule has 4 heteroatoms. The van der Waals surface area contributed by atoms with E-state index in [1.54, 1.807) is 12.3 Å². The van der Waals surface area contributed by atoms with Crippen molar-refractivity contribution in [3.05, 3.63) is 40.8 Å². The summed E-state index contributed by atoms with van der Waals surface area (Å²) in [6.45, 7) is 1.17. The van der Waals surface area contributed by atoms with Crippen LogP contribution in [-0.4, -0.2) is 18.1 Å². The molecule has 2 rings (SSSR count). The van der Waals surface area contributed by atoms with Crippen molar-refractivity contribution in [3.63, 3.8) is 0 Å². The van der Waals surface area contributed by atoms with Crippen LogP contribution < -0.4 is 16.0 Å². The van der Waals surface area contributed by atoms with E-state index < -0.39 is 0 Å². The van der Waals surface area contributed by atoms with Gasteiger partial charge in [0.05, 0.1) is 12.0 Å². The molecule has 4 nitrogen and oxygen atoms in total. The number of nitrogens with one attached hydrogen (secondary N) is 1. The topological polar surface area (TPSA) is 68.1 Å². The van der Waals surface area contributed by atoms with Crippen molar-refractivity contribution in [2.45, 2.75) is 6.42 Å². The number of aromatic amines is 1. The molecular weight excluding hydrogens is 204 g/mol. The first-order valence-electron chi connectivity index (χ1n) is 5.26. The van der Waals surface area contributed by atoms with E-state index in [1.165, 1.54) is 0 Å². The summed E-state index contributed by atoms with van der Waals surface area (Å²) in [6.07, 6.45) is 2.43. The predicted octanol–water partition coefficient (Wildman–Crippen LogP) is 1.26. The first-order valence-corrected chi connectivity index (χ1v) is 5.26. The van der Waals surface area contributed by atoms with Gasteiger partial charge in [-0.3, -0.25) is 4.79 Å². The highest BCUT2D eigenvalue weighted by Gasteiger charge is 2.03. The molecule has 0 aliphatic heterocycles. The summed E-state index contributed by atoms with van der Waals surface area (Å²) >= 11 is 0. The van der Waals surface area contributed by atoms with Crippen LogP contribution >= 0.6 is 0 Å². The maximum atomic E-state index is 11.5. The molecule has 16 heavy (non-hydrogen) atoms. The standard InChI is InChI=1S/C12H14N2O2/c13-6-2-8-16-11-4-1-3-10-9(11)5-7-14-12(10)15/h1,3-5,7H,2,6,8,13H2,(H,14,15). The minimum atomic E-state index is -0.0956. The highest BCUT2D eigenvalue weighted by atomic mass is 16.5. The highest BCUT2D eigenvalue weighted by Crippen LogP contribution is 2.22. The van der Waals surface area contributed by atoms with E-state index in [9.17, 15) is 4.79 Å². The summed E-state index contributed by atoms with van der Waals surface area (Å²) in [6, 6.07) is 7.30. The lowest BCUT2D eigenvalue weighted by Crippen LogP contribution is -2.08. The smallest absolute Gasteiger partial charge is 0.255 e. The van der Waals surface area contributed by atoms with Crippen molar-refractivity contribution in [3.8, 4) is 5.75 Å². The van der Waals surface area contributed by atoms with Crippen molar-refractivity contribution >= 4 is 10.8 Å². The number of hydrogen-bond acceptors (Lipinski definition) is 3. The Bertz CT molecular complexity index is 534. The lowest BCUT2D eigenvalue weighted by Gasteiger charge is -2.07. The third-order valence-corrected chi connectivity index (χ3v) is 2.38. The number of aromatic nitrogens is 1. The van der Waals surface area contributed by atoms with Crippen molar-refractivity contribution < 1.29 is 4.74 Å². The van der Waals surface area contributed by atoms with Gasteiger partial charge < -0.3 is 15.5 Å². The Hall–Kier alpha value is -1.81. The molecule has 0 bridgehead atoms. The summed E-state index contributed by atoms with van der Waals surface area (Å²) in [5, 5.41) is 1.48. The maximum Gasteiger partial charge on any atom is 0.255 e. The molecule has 0 unspecified atom stereocenters. The fraction of sp³-hybridized carbons (Fsp3) is 0.250. The molecule has 1 heterocycles. The molecule has 0 spiro atoms. The van der Waals surface area contributed by atoms with Crippen LogP contribution in [0.15, 0.2) is 35.3 Å². The number of hydrogen-bond donors (Lipinski definition) is 2. The second-order valence-electron chi connectivity index (χ2n) is 3.51. The van der Waals surface area contributed by atoms with E-state index in [-0.39, 0.29) is 5.56 Å². The van der Waals surface area contributed by atoms with Crippen LogP contribution in [0, 0.1) is 0 Å². The van der Waals surface area contributed by atoms with Gasteiger partial charge in [-0.15, -0.1) is 0 Å². The molecule has 0 amide bonds. The first-order chi connectivity index (χ1) is 7.83. The fourth-order valence-electron chi connectivity index (χ4n) is 1.58. The quantitative estimate of drug-likeness (QED) is 0.759. The Labute approximate surface area is 93.0 Å². The van der Waals surface area contributed by atoms with E-state index in [0.29, 0.717) is 18.5 Å². The summed E-state index contributed by atoms with van der Waals surface area (Å²) in [5.74, 6) is 0.733. The molecule has 0 fully saturated rings. The van der Waals surface area contributed by atoms with Gasteiger partial charge in [-0.05, 0) is 31.2 Å². The first kappa shape index (κ1) is 10.7. The van der Waals surface area contributed by atoms with Crippen LogP contribution in [0.3, 0.4) is 0 Å². The molecule has 0 aliphatic rings. The Morgan fingerprint density at radius 1 is 1.25 bits per heavy atom. The molecule has 84 valence electrons. The maximum absolute atomic E-state index is 11.5. The van der Waals surface area contributed by atoms with Gasteiger partial charge in [0.2, 0.25) is 0 Å². The lowest BCUT2D eigenvalue weighted by molar-refractivity contribution is 0.317. The van der Waals surface area contributed by atoms with E-state index in [2.05, 4.69) is 4.98 Å². The second kappa shape index (κ2) is 4.81. The van der Waals surface area contributed by atoms with Gasteiger partial charge in [0.1, 0.15) is 5.75 Å². The van der Waals surface area contributed by atoms with Crippen molar-refractivity contribution in [2.24, 2.45) is 5.73 Å². The number of fused-ring (bicyclic) bond motifs is 1. The van der Waals surface area contributed by atoms with Gasteiger partial charge in [-0.25, -0.2) is 0 Å². The molecule has 1 aromatic heterocycles. The molecular formula is C12H14N2O2. The number of benzene rings is 1. The zero-order valence-corrected chi connectivity index (χ0v) is 8.90. The summed E-state index contributed by atoms with van der Waals surface area (Å²) in [5.41, 5.74) is 5.30. The van der Waals surface area contributed by atoms with E-state index >= 15 is 0 Å². The van der Waals surface area contributed by atoms with Crippen LogP contribution in [0.2, 0.25) is 0 Å². The molecule has 3 N–H and O–H groups in total. The Kier molecular flexibility index (Phi) is 3.22. The second-order valence-corrected chi connectivity index (χ2v) is 3.51. The minimum absolute atomic E-state index is 0.0956. The van der Waals surface area contributed by atoms with Crippen molar-refractivity contribution in [2.75, 3.05) is 13.2 Å². The van der Waals surface area contributed by atoms with Crippen LogP contribution in [0.1, 0.15) is 6.42 Å². The molecule has 0 radical (unpaired) electrons.